The van der Waals surface area contributed by atoms with Crippen molar-refractivity contribution in [1.29, 1.82) is 0 Å². The number of rotatable bonds is 12. The van der Waals surface area contributed by atoms with Crippen LogP contribution in [0.4, 0.5) is 17.6 Å². The molecule has 2 rings (SSSR count). The van der Waals surface area contributed by atoms with Gasteiger partial charge in [-0.2, -0.15) is 17.6 Å². The van der Waals surface area contributed by atoms with Crippen LogP contribution in [0.5, 0.6) is 0 Å². The van der Waals surface area contributed by atoms with Crippen molar-refractivity contribution in [2.24, 2.45) is 11.8 Å². The van der Waals surface area contributed by atoms with Gasteiger partial charge in [-0.15, -0.1) is 0 Å². The van der Waals surface area contributed by atoms with Crippen molar-refractivity contribution in [1.82, 2.24) is 0 Å². The topological polar surface area (TPSA) is 46.5 Å². The maximum atomic E-state index is 15.0. The van der Waals surface area contributed by atoms with Gasteiger partial charge in [0.25, 0.3) is 0 Å². The van der Waals surface area contributed by atoms with Gasteiger partial charge in [0.1, 0.15) is 6.61 Å². The lowest BCUT2D eigenvalue weighted by Gasteiger charge is -2.37. The monoisotopic (exact) mass is 472 g/mol. The molecular weight excluding hydrogens is 436 g/mol. The van der Waals surface area contributed by atoms with Crippen LogP contribution in [-0.4, -0.2) is 30.2 Å². The number of aliphatic hydroxyl groups is 1. The SMILES string of the molecule is C=C(C)C(=O)OCC(CO)c1ccc(C(F)(F)C(F)(F)C2CCC(CCCCC)CC2)cc1. The Balaban J connectivity index is 2.04. The van der Waals surface area contributed by atoms with E-state index >= 15 is 0 Å². The van der Waals surface area contributed by atoms with E-state index in [4.69, 9.17) is 4.74 Å². The zero-order chi connectivity index (χ0) is 24.6. The fraction of sp³-hybridized carbons (Fsp3) is 0.654. The molecule has 1 aliphatic rings. The first-order chi connectivity index (χ1) is 15.5. The van der Waals surface area contributed by atoms with Crippen molar-refractivity contribution in [3.63, 3.8) is 0 Å². The third-order valence-corrected chi connectivity index (χ3v) is 6.72. The van der Waals surface area contributed by atoms with Gasteiger partial charge in [0.2, 0.25) is 0 Å². The number of hydrogen-bond donors (Lipinski definition) is 1. The van der Waals surface area contributed by atoms with Gasteiger partial charge in [-0.05, 0) is 44.1 Å². The molecule has 0 heterocycles. The van der Waals surface area contributed by atoms with E-state index in [1.54, 1.807) is 0 Å². The van der Waals surface area contributed by atoms with E-state index in [1.807, 2.05) is 0 Å². The number of benzene rings is 1. The summed E-state index contributed by atoms with van der Waals surface area (Å²) in [5.41, 5.74) is -0.140. The fourth-order valence-electron chi connectivity index (χ4n) is 4.46. The van der Waals surface area contributed by atoms with Crippen LogP contribution in [-0.2, 0) is 15.5 Å². The quantitative estimate of drug-likeness (QED) is 0.154. The molecule has 0 amide bonds. The highest BCUT2D eigenvalue weighted by Gasteiger charge is 2.61. The molecule has 0 aliphatic heterocycles. The second-order valence-electron chi connectivity index (χ2n) is 9.29. The van der Waals surface area contributed by atoms with Gasteiger partial charge >= 0.3 is 17.8 Å². The summed E-state index contributed by atoms with van der Waals surface area (Å²) >= 11 is 0. The van der Waals surface area contributed by atoms with Crippen LogP contribution in [0.2, 0.25) is 0 Å². The molecule has 1 fully saturated rings. The molecular formula is C26H36F4O3. The molecule has 0 radical (unpaired) electrons. The minimum Gasteiger partial charge on any atom is -0.462 e. The smallest absolute Gasteiger partial charge is 0.335 e. The molecule has 1 aliphatic carbocycles. The molecule has 3 nitrogen and oxygen atoms in total. The third kappa shape index (κ3) is 6.81. The molecule has 186 valence electrons. The van der Waals surface area contributed by atoms with E-state index in [2.05, 4.69) is 13.5 Å². The Labute approximate surface area is 194 Å². The molecule has 1 N–H and O–H groups in total. The van der Waals surface area contributed by atoms with Crippen LogP contribution in [0, 0.1) is 11.8 Å². The lowest BCUT2D eigenvalue weighted by molar-refractivity contribution is -0.249. The Bertz CT molecular complexity index is 768. The van der Waals surface area contributed by atoms with Gasteiger partial charge in [-0.3, -0.25) is 0 Å². The minimum absolute atomic E-state index is 0.109. The van der Waals surface area contributed by atoms with Gasteiger partial charge in [0.05, 0.1) is 6.61 Å². The highest BCUT2D eigenvalue weighted by atomic mass is 19.3. The number of carbonyl (C=O) groups is 1. The first-order valence-corrected chi connectivity index (χ1v) is 11.8. The van der Waals surface area contributed by atoms with Crippen molar-refractivity contribution in [3.8, 4) is 0 Å². The Hall–Kier alpha value is -1.89. The number of unbranched alkanes of at least 4 members (excludes halogenated alkanes) is 2. The Morgan fingerprint density at radius 1 is 1.12 bits per heavy atom. The molecule has 1 aromatic carbocycles. The van der Waals surface area contributed by atoms with Gasteiger partial charge < -0.3 is 9.84 Å². The number of ether oxygens (including phenoxy) is 1. The van der Waals surface area contributed by atoms with Crippen LogP contribution in [0.25, 0.3) is 0 Å². The fourth-order valence-corrected chi connectivity index (χ4v) is 4.46. The van der Waals surface area contributed by atoms with E-state index in [1.165, 1.54) is 19.1 Å². The van der Waals surface area contributed by atoms with Crippen molar-refractivity contribution in [2.45, 2.75) is 83.0 Å². The Morgan fingerprint density at radius 3 is 2.24 bits per heavy atom. The molecule has 7 heteroatoms. The van der Waals surface area contributed by atoms with E-state index in [0.29, 0.717) is 24.3 Å². The number of aliphatic hydroxyl groups excluding tert-OH is 1. The molecule has 33 heavy (non-hydrogen) atoms. The molecule has 0 bridgehead atoms. The van der Waals surface area contributed by atoms with Crippen molar-refractivity contribution >= 4 is 5.97 Å². The van der Waals surface area contributed by atoms with E-state index < -0.39 is 41.8 Å². The Morgan fingerprint density at radius 2 is 1.73 bits per heavy atom. The number of alkyl halides is 4. The average Bonchev–Trinajstić information content (AvgIpc) is 2.80. The standard InChI is InChI=1S/C26H36F4O3/c1-4-5-6-7-19-8-12-22(13-9-19)25(27,28)26(29,30)23-14-10-20(11-15-23)21(16-31)17-33-24(32)18(2)3/h10-11,14-15,19,21-22,31H,2,4-9,12-13,16-17H2,1,3H3. The summed E-state index contributed by atoms with van der Waals surface area (Å²) < 4.78 is 64.8. The zero-order valence-electron chi connectivity index (χ0n) is 19.6. The number of esters is 1. The number of hydrogen-bond acceptors (Lipinski definition) is 3. The molecule has 1 saturated carbocycles. The summed E-state index contributed by atoms with van der Waals surface area (Å²) in [5, 5.41) is 9.57. The summed E-state index contributed by atoms with van der Waals surface area (Å²) in [7, 11) is 0. The first-order valence-electron chi connectivity index (χ1n) is 11.8. The molecule has 1 unspecified atom stereocenters. The molecule has 0 saturated heterocycles. The molecule has 1 atom stereocenters. The maximum absolute atomic E-state index is 15.0. The largest absolute Gasteiger partial charge is 0.462 e. The third-order valence-electron chi connectivity index (χ3n) is 6.72. The first kappa shape index (κ1) is 27.4. The van der Waals surface area contributed by atoms with E-state index in [9.17, 15) is 27.5 Å². The van der Waals surface area contributed by atoms with Gasteiger partial charge in [-0.1, -0.05) is 63.5 Å². The van der Waals surface area contributed by atoms with E-state index in [-0.39, 0.29) is 25.0 Å². The predicted octanol–water partition coefficient (Wildman–Crippen LogP) is 7.00. The lowest BCUT2D eigenvalue weighted by Crippen LogP contribution is -2.45. The van der Waals surface area contributed by atoms with Crippen molar-refractivity contribution in [2.75, 3.05) is 13.2 Å². The summed E-state index contributed by atoms with van der Waals surface area (Å²) in [4.78, 5) is 11.5. The van der Waals surface area contributed by atoms with Crippen LogP contribution in [0.1, 0.15) is 82.3 Å². The highest BCUT2D eigenvalue weighted by Crippen LogP contribution is 2.52. The van der Waals surface area contributed by atoms with Crippen molar-refractivity contribution in [3.05, 3.63) is 47.5 Å². The average molecular weight is 473 g/mol. The molecule has 0 aromatic heterocycles. The van der Waals surface area contributed by atoms with Crippen LogP contribution >= 0.6 is 0 Å². The lowest BCUT2D eigenvalue weighted by atomic mass is 9.75. The summed E-state index contributed by atoms with van der Waals surface area (Å²) in [5.74, 6) is -10.7. The minimum atomic E-state index is -4.30. The summed E-state index contributed by atoms with van der Waals surface area (Å²) in [6.45, 7) is 6.48. The summed E-state index contributed by atoms with van der Waals surface area (Å²) in [6, 6.07) is 4.50. The number of halogens is 4. The molecule has 0 spiro atoms. The van der Waals surface area contributed by atoms with Crippen LogP contribution in [0.3, 0.4) is 0 Å². The van der Waals surface area contributed by atoms with E-state index in [0.717, 1.165) is 37.8 Å². The van der Waals surface area contributed by atoms with Crippen LogP contribution in [0.15, 0.2) is 36.4 Å². The summed E-state index contributed by atoms with van der Waals surface area (Å²) in [6.07, 6.45) is 5.61. The predicted molar refractivity (Wildman–Crippen MR) is 120 cm³/mol. The molecule has 1 aromatic rings. The van der Waals surface area contributed by atoms with Gasteiger partial charge in [-0.25, -0.2) is 4.79 Å². The van der Waals surface area contributed by atoms with Crippen LogP contribution < -0.4 is 0 Å². The van der Waals surface area contributed by atoms with Crippen molar-refractivity contribution < 1.29 is 32.2 Å². The second kappa shape index (κ2) is 12.0. The van der Waals surface area contributed by atoms with Gasteiger partial charge in [0.15, 0.2) is 0 Å². The maximum Gasteiger partial charge on any atom is 0.335 e. The van der Waals surface area contributed by atoms with Gasteiger partial charge in [0, 0.05) is 23.0 Å². The Kier molecular flexibility index (Phi) is 9.95. The second-order valence-corrected chi connectivity index (χ2v) is 9.29. The normalized spacial score (nSPS) is 20.3. The number of carbonyl (C=O) groups excluding carboxylic acids is 1. The zero-order valence-corrected chi connectivity index (χ0v) is 19.6. The highest BCUT2D eigenvalue weighted by molar-refractivity contribution is 5.86.